The van der Waals surface area contributed by atoms with Gasteiger partial charge in [-0.25, -0.2) is 4.79 Å². The van der Waals surface area contributed by atoms with Gasteiger partial charge in [-0.05, 0) is 6.92 Å². The fourth-order valence-corrected chi connectivity index (χ4v) is 0.448. The molecule has 0 fully saturated rings. The Morgan fingerprint density at radius 3 is 1.92 bits per heavy atom. The predicted molar refractivity (Wildman–Crippen MR) is 29.2 cm³/mol. The maximum atomic E-state index is 12.2. The van der Waals surface area contributed by atoms with Crippen LogP contribution >= 0.6 is 0 Å². The molecule has 0 aliphatic heterocycles. The van der Waals surface area contributed by atoms with Crippen LogP contribution in [0, 0.1) is 0 Å². The van der Waals surface area contributed by atoms with Gasteiger partial charge in [0.2, 0.25) is 0 Å². The minimum absolute atomic E-state index is 0.321. The van der Waals surface area contributed by atoms with Crippen molar-refractivity contribution < 1.29 is 36.6 Å². The van der Waals surface area contributed by atoms with Crippen LogP contribution in [0.5, 0.6) is 0 Å². The Hall–Kier alpha value is -0.920. The van der Waals surface area contributed by atoms with Crippen molar-refractivity contribution in [1.29, 1.82) is 0 Å². The maximum absolute atomic E-state index is 12.2. The number of hydrogen-bond donors (Lipinski definition) is 1. The number of carboxylic acid groups (broad SMARTS) is 1. The fraction of sp³-hybridized carbons (Fsp3) is 0.800. The van der Waals surface area contributed by atoms with E-state index in [0.29, 0.717) is 6.92 Å². The summed E-state index contributed by atoms with van der Waals surface area (Å²) in [6.45, 7) is 0.321. The molecule has 78 valence electrons. The highest BCUT2D eigenvalue weighted by molar-refractivity contribution is 5.76. The zero-order chi connectivity index (χ0) is 10.9. The molecular weight excluding hydrogens is 203 g/mol. The summed E-state index contributed by atoms with van der Waals surface area (Å²) in [6.07, 6.45) is -8.04. The van der Waals surface area contributed by atoms with Gasteiger partial charge in [-0.15, -0.1) is 13.2 Å². The second-order valence-electron chi connectivity index (χ2n) is 2.13. The molecule has 0 aromatic heterocycles. The average molecular weight is 208 g/mol. The van der Waals surface area contributed by atoms with Crippen molar-refractivity contribution in [2.75, 3.05) is 0 Å². The molecule has 0 amide bonds. The monoisotopic (exact) mass is 208 g/mol. The van der Waals surface area contributed by atoms with Crippen molar-refractivity contribution in [3.63, 3.8) is 0 Å². The fourth-order valence-electron chi connectivity index (χ4n) is 0.448. The molecule has 0 aliphatic carbocycles. The third-order valence-electron chi connectivity index (χ3n) is 1.11. The first-order valence-corrected chi connectivity index (χ1v) is 2.93. The number of alkyl halides is 5. The van der Waals surface area contributed by atoms with E-state index in [0.717, 1.165) is 0 Å². The number of carbonyl (C=O) groups is 1. The van der Waals surface area contributed by atoms with Gasteiger partial charge in [0.25, 0.3) is 0 Å². The Kier molecular flexibility index (Phi) is 3.20. The summed E-state index contributed by atoms with van der Waals surface area (Å²) in [5.41, 5.74) is 0. The Morgan fingerprint density at radius 2 is 1.69 bits per heavy atom. The Labute approximate surface area is 69.1 Å². The molecule has 0 saturated heterocycles. The molecule has 0 heterocycles. The third-order valence-corrected chi connectivity index (χ3v) is 1.11. The van der Waals surface area contributed by atoms with Gasteiger partial charge in [0.15, 0.2) is 0 Å². The molecule has 1 atom stereocenters. The zero-order valence-corrected chi connectivity index (χ0v) is 6.23. The summed E-state index contributed by atoms with van der Waals surface area (Å²) >= 11 is 0. The van der Waals surface area contributed by atoms with Crippen molar-refractivity contribution in [2.24, 2.45) is 0 Å². The second kappa shape index (κ2) is 3.44. The first kappa shape index (κ1) is 12.1. The molecule has 0 aromatic carbocycles. The van der Waals surface area contributed by atoms with Gasteiger partial charge in [-0.3, -0.25) is 4.74 Å². The maximum Gasteiger partial charge on any atom is 0.522 e. The zero-order valence-electron chi connectivity index (χ0n) is 6.23. The molecular formula is C5H5F5O3. The quantitative estimate of drug-likeness (QED) is 0.717. The highest BCUT2D eigenvalue weighted by Gasteiger charge is 2.50. The first-order valence-electron chi connectivity index (χ1n) is 2.93. The standard InChI is InChI=1S/C5H5F5O3/c1-2(13-5(8,9)10)4(6,7)3(11)12/h2H,1H3,(H,11,12). The van der Waals surface area contributed by atoms with Gasteiger partial charge in [0, 0.05) is 0 Å². The summed E-state index contributed by atoms with van der Waals surface area (Å²) in [6, 6.07) is 0. The molecule has 0 aliphatic rings. The van der Waals surface area contributed by atoms with Crippen molar-refractivity contribution in [3.8, 4) is 0 Å². The van der Waals surface area contributed by atoms with Gasteiger partial charge in [0.05, 0.1) is 0 Å². The van der Waals surface area contributed by atoms with E-state index in [4.69, 9.17) is 5.11 Å². The first-order chi connectivity index (χ1) is 5.57. The lowest BCUT2D eigenvalue weighted by Gasteiger charge is -2.20. The van der Waals surface area contributed by atoms with Crippen molar-refractivity contribution in [1.82, 2.24) is 0 Å². The molecule has 0 aromatic rings. The van der Waals surface area contributed by atoms with Gasteiger partial charge in [0.1, 0.15) is 6.10 Å². The topological polar surface area (TPSA) is 46.5 Å². The minimum atomic E-state index is -5.28. The number of ether oxygens (including phenoxy) is 1. The molecule has 8 heteroatoms. The van der Waals surface area contributed by atoms with Crippen LogP contribution in [0.1, 0.15) is 6.92 Å². The summed E-state index contributed by atoms with van der Waals surface area (Å²) in [5.74, 6) is -7.22. The van der Waals surface area contributed by atoms with Crippen LogP contribution in [0.2, 0.25) is 0 Å². The van der Waals surface area contributed by atoms with Crippen LogP contribution in [0.25, 0.3) is 0 Å². The minimum Gasteiger partial charge on any atom is -0.477 e. The number of halogens is 5. The normalized spacial score (nSPS) is 15.5. The Bertz CT molecular complexity index is 199. The van der Waals surface area contributed by atoms with Crippen LogP contribution < -0.4 is 0 Å². The second-order valence-corrected chi connectivity index (χ2v) is 2.13. The van der Waals surface area contributed by atoms with Crippen LogP contribution in [-0.4, -0.2) is 29.5 Å². The number of rotatable bonds is 3. The van der Waals surface area contributed by atoms with E-state index >= 15 is 0 Å². The molecule has 0 bridgehead atoms. The van der Waals surface area contributed by atoms with Crippen molar-refractivity contribution in [2.45, 2.75) is 25.3 Å². The van der Waals surface area contributed by atoms with Gasteiger partial charge >= 0.3 is 18.3 Å². The van der Waals surface area contributed by atoms with E-state index in [1.807, 2.05) is 0 Å². The van der Waals surface area contributed by atoms with E-state index in [1.165, 1.54) is 0 Å². The lowest BCUT2D eigenvalue weighted by atomic mass is 10.2. The summed E-state index contributed by atoms with van der Waals surface area (Å²) in [4.78, 5) is 9.75. The predicted octanol–water partition coefficient (Wildman–Crippen LogP) is 1.63. The highest BCUT2D eigenvalue weighted by Crippen LogP contribution is 2.28. The molecule has 0 rings (SSSR count). The van der Waals surface area contributed by atoms with E-state index in [-0.39, 0.29) is 0 Å². The van der Waals surface area contributed by atoms with Crippen LogP contribution in [0.15, 0.2) is 0 Å². The summed E-state index contributed by atoms with van der Waals surface area (Å²) < 4.78 is 61.4. The van der Waals surface area contributed by atoms with E-state index in [9.17, 15) is 26.7 Å². The largest absolute Gasteiger partial charge is 0.522 e. The Morgan fingerprint density at radius 1 is 1.31 bits per heavy atom. The molecule has 1 N–H and O–H groups in total. The van der Waals surface area contributed by atoms with Gasteiger partial charge < -0.3 is 5.11 Å². The summed E-state index contributed by atoms with van der Waals surface area (Å²) in [7, 11) is 0. The highest BCUT2D eigenvalue weighted by atomic mass is 19.4. The molecule has 3 nitrogen and oxygen atoms in total. The van der Waals surface area contributed by atoms with Crippen LogP contribution in [-0.2, 0) is 9.53 Å². The lowest BCUT2D eigenvalue weighted by molar-refractivity contribution is -0.359. The van der Waals surface area contributed by atoms with E-state index in [2.05, 4.69) is 4.74 Å². The van der Waals surface area contributed by atoms with Crippen molar-refractivity contribution in [3.05, 3.63) is 0 Å². The van der Waals surface area contributed by atoms with E-state index in [1.54, 1.807) is 0 Å². The van der Waals surface area contributed by atoms with Gasteiger partial charge in [-0.1, -0.05) is 0 Å². The summed E-state index contributed by atoms with van der Waals surface area (Å²) in [5, 5.41) is 7.81. The smallest absolute Gasteiger partial charge is 0.477 e. The number of aliphatic carboxylic acids is 1. The molecule has 0 radical (unpaired) electrons. The average Bonchev–Trinajstić information content (AvgIpc) is 1.82. The molecule has 13 heavy (non-hydrogen) atoms. The molecule has 1 unspecified atom stereocenters. The van der Waals surface area contributed by atoms with E-state index < -0.39 is 24.4 Å². The van der Waals surface area contributed by atoms with Crippen LogP contribution in [0.4, 0.5) is 22.0 Å². The molecule has 0 spiro atoms. The van der Waals surface area contributed by atoms with Gasteiger partial charge in [-0.2, -0.15) is 8.78 Å². The van der Waals surface area contributed by atoms with Crippen LogP contribution in [0.3, 0.4) is 0 Å². The third kappa shape index (κ3) is 3.53. The van der Waals surface area contributed by atoms with Crippen molar-refractivity contribution >= 4 is 5.97 Å². The Balaban J connectivity index is 4.43. The lowest BCUT2D eigenvalue weighted by Crippen LogP contribution is -2.43. The SMILES string of the molecule is CC(OC(F)(F)F)C(F)(F)C(=O)O. The number of hydrogen-bond acceptors (Lipinski definition) is 2. The number of carboxylic acids is 1. The molecule has 0 saturated carbocycles.